The average Bonchev–Trinajstić information content (AvgIpc) is 3.47. The summed E-state index contributed by atoms with van der Waals surface area (Å²) in [5.41, 5.74) is 2.88. The Morgan fingerprint density at radius 3 is 2.58 bits per heavy atom. The number of amides is 1. The van der Waals surface area contributed by atoms with Crippen LogP contribution in [-0.4, -0.2) is 10.9 Å². The largest absolute Gasteiger partial charge is 0.450 e. The highest BCUT2D eigenvalue weighted by atomic mass is 32.2. The van der Waals surface area contributed by atoms with E-state index in [1.165, 1.54) is 23.0 Å². The van der Waals surface area contributed by atoms with Gasteiger partial charge in [0.25, 0.3) is 5.91 Å². The second-order valence-corrected chi connectivity index (χ2v) is 8.30. The first kappa shape index (κ1) is 20.7. The fourth-order valence-corrected chi connectivity index (χ4v) is 4.28. The summed E-state index contributed by atoms with van der Waals surface area (Å²) in [6.45, 7) is 0. The molecule has 4 aromatic rings. The lowest BCUT2D eigenvalue weighted by atomic mass is 10.2. The Labute approximate surface area is 188 Å². The summed E-state index contributed by atoms with van der Waals surface area (Å²) >= 11 is 2.86. The van der Waals surface area contributed by atoms with Gasteiger partial charge in [-0.1, -0.05) is 72.4 Å². The van der Waals surface area contributed by atoms with Gasteiger partial charge in [0.1, 0.15) is 17.4 Å². The lowest BCUT2D eigenvalue weighted by molar-refractivity contribution is -0.112. The fourth-order valence-electron chi connectivity index (χ4n) is 2.75. The van der Waals surface area contributed by atoms with Crippen LogP contribution in [0, 0.1) is 11.3 Å². The number of furan rings is 1. The van der Waals surface area contributed by atoms with E-state index in [0.29, 0.717) is 10.9 Å². The van der Waals surface area contributed by atoms with Crippen molar-refractivity contribution in [3.63, 3.8) is 0 Å². The third-order valence-corrected chi connectivity index (χ3v) is 6.01. The van der Waals surface area contributed by atoms with Crippen LogP contribution in [0.1, 0.15) is 11.3 Å². The molecule has 0 unspecified atom stereocenters. The zero-order chi connectivity index (χ0) is 21.5. The van der Waals surface area contributed by atoms with Crippen LogP contribution in [0.2, 0.25) is 0 Å². The predicted molar refractivity (Wildman–Crippen MR) is 124 cm³/mol. The lowest BCUT2D eigenvalue weighted by Crippen LogP contribution is -2.13. The molecule has 31 heavy (non-hydrogen) atoms. The second kappa shape index (κ2) is 9.94. The number of nitrogens with one attached hydrogen (secondary N) is 1. The number of thiazole rings is 1. The molecule has 2 aromatic carbocycles. The van der Waals surface area contributed by atoms with Crippen molar-refractivity contribution in [2.24, 2.45) is 0 Å². The number of hydrogen-bond acceptors (Lipinski definition) is 6. The molecule has 0 saturated carbocycles. The summed E-state index contributed by atoms with van der Waals surface area (Å²) in [6, 6.07) is 25.3. The second-order valence-electron chi connectivity index (χ2n) is 6.46. The van der Waals surface area contributed by atoms with Gasteiger partial charge in [0.2, 0.25) is 0 Å². The van der Waals surface area contributed by atoms with E-state index in [9.17, 15) is 10.1 Å². The van der Waals surface area contributed by atoms with Crippen LogP contribution < -0.4 is 5.32 Å². The summed E-state index contributed by atoms with van der Waals surface area (Å²) in [5.74, 6) is 0.703. The number of benzene rings is 2. The molecular formula is C24H17N3O2S2. The van der Waals surface area contributed by atoms with Crippen LogP contribution in [0.4, 0.5) is 5.13 Å². The minimum atomic E-state index is -0.522. The van der Waals surface area contributed by atoms with E-state index in [0.717, 1.165) is 22.1 Å². The van der Waals surface area contributed by atoms with Crippen LogP contribution in [-0.2, 0) is 10.5 Å². The minimum Gasteiger partial charge on any atom is -0.450 e. The molecule has 0 saturated heterocycles. The molecule has 0 bridgehead atoms. The number of anilines is 1. The molecule has 0 atom stereocenters. The van der Waals surface area contributed by atoms with Gasteiger partial charge in [-0.3, -0.25) is 10.1 Å². The van der Waals surface area contributed by atoms with Crippen molar-refractivity contribution in [2.45, 2.75) is 10.8 Å². The molecule has 0 radical (unpaired) electrons. The number of carbonyl (C=O) groups is 1. The number of carbonyl (C=O) groups excluding carboxylic acids is 1. The van der Waals surface area contributed by atoms with Gasteiger partial charge in [-0.25, -0.2) is 4.98 Å². The Bertz CT molecular complexity index is 1240. The van der Waals surface area contributed by atoms with Crippen LogP contribution in [0.3, 0.4) is 0 Å². The van der Waals surface area contributed by atoms with Crippen molar-refractivity contribution in [3.05, 3.63) is 95.1 Å². The third-order valence-electron chi connectivity index (χ3n) is 4.27. The van der Waals surface area contributed by atoms with E-state index in [-0.39, 0.29) is 5.57 Å². The topological polar surface area (TPSA) is 78.9 Å². The van der Waals surface area contributed by atoms with Crippen LogP contribution >= 0.6 is 23.1 Å². The molecule has 1 N–H and O–H groups in total. The van der Waals surface area contributed by atoms with Gasteiger partial charge in [0.05, 0.1) is 5.69 Å². The van der Waals surface area contributed by atoms with E-state index < -0.39 is 5.91 Å². The van der Waals surface area contributed by atoms with Crippen molar-refractivity contribution in [1.29, 1.82) is 5.26 Å². The van der Waals surface area contributed by atoms with E-state index in [4.69, 9.17) is 4.42 Å². The standard InChI is InChI=1S/C24H17N3O2S2/c25-14-19(13-20-11-12-22(29-20)30-15-17-7-3-1-4-8-17)23(28)27-24-26-21(16-31-24)18-9-5-2-6-10-18/h1-13,16H,15H2,(H,26,27,28)/b19-13-. The first-order valence-corrected chi connectivity index (χ1v) is 11.3. The number of hydrogen-bond donors (Lipinski definition) is 1. The molecule has 0 spiro atoms. The van der Waals surface area contributed by atoms with Crippen LogP contribution in [0.5, 0.6) is 0 Å². The molecule has 0 aliphatic rings. The SMILES string of the molecule is N#C/C(=C/c1ccc(SCc2ccccc2)o1)C(=O)Nc1nc(-c2ccccc2)cs1. The Balaban J connectivity index is 1.40. The van der Waals surface area contributed by atoms with Crippen molar-refractivity contribution < 1.29 is 9.21 Å². The highest BCUT2D eigenvalue weighted by Crippen LogP contribution is 2.27. The van der Waals surface area contributed by atoms with Gasteiger partial charge in [0, 0.05) is 22.8 Å². The van der Waals surface area contributed by atoms with Crippen molar-refractivity contribution in [1.82, 2.24) is 4.98 Å². The Morgan fingerprint density at radius 2 is 1.84 bits per heavy atom. The maximum atomic E-state index is 12.5. The normalized spacial score (nSPS) is 11.1. The van der Waals surface area contributed by atoms with Crippen LogP contribution in [0.25, 0.3) is 17.3 Å². The first-order valence-electron chi connectivity index (χ1n) is 9.42. The van der Waals surface area contributed by atoms with E-state index in [1.807, 2.05) is 66.0 Å². The molecule has 0 fully saturated rings. The van der Waals surface area contributed by atoms with Gasteiger partial charge < -0.3 is 4.42 Å². The zero-order valence-corrected chi connectivity index (χ0v) is 18.0. The highest BCUT2D eigenvalue weighted by molar-refractivity contribution is 7.98. The number of nitriles is 1. The maximum absolute atomic E-state index is 12.5. The summed E-state index contributed by atoms with van der Waals surface area (Å²) in [7, 11) is 0. The van der Waals surface area contributed by atoms with Gasteiger partial charge in [-0.05, 0) is 17.7 Å². The van der Waals surface area contributed by atoms with Gasteiger partial charge in [-0.2, -0.15) is 5.26 Å². The van der Waals surface area contributed by atoms with Crippen molar-refractivity contribution >= 4 is 40.2 Å². The van der Waals surface area contributed by atoms with E-state index in [1.54, 1.807) is 17.8 Å². The summed E-state index contributed by atoms with van der Waals surface area (Å²) in [5, 5.41) is 15.1. The van der Waals surface area contributed by atoms with Crippen LogP contribution in [0.15, 0.2) is 93.3 Å². The van der Waals surface area contributed by atoms with E-state index >= 15 is 0 Å². The van der Waals surface area contributed by atoms with Gasteiger partial charge in [0.15, 0.2) is 10.2 Å². The first-order chi connectivity index (χ1) is 15.2. The number of thioether (sulfide) groups is 1. The quantitative estimate of drug-likeness (QED) is 0.208. The number of rotatable bonds is 7. The third kappa shape index (κ3) is 5.51. The lowest BCUT2D eigenvalue weighted by Gasteiger charge is -2.00. The van der Waals surface area contributed by atoms with Gasteiger partial charge in [-0.15, -0.1) is 11.3 Å². The smallest absolute Gasteiger partial charge is 0.268 e. The van der Waals surface area contributed by atoms with Crippen molar-refractivity contribution in [3.8, 4) is 17.3 Å². The molecule has 7 heteroatoms. The summed E-state index contributed by atoms with van der Waals surface area (Å²) in [4.78, 5) is 17.0. The molecule has 1 amide bonds. The monoisotopic (exact) mass is 443 g/mol. The number of nitrogens with zero attached hydrogens (tertiary/aromatic N) is 2. The highest BCUT2D eigenvalue weighted by Gasteiger charge is 2.14. The molecule has 0 aliphatic carbocycles. The molecule has 2 heterocycles. The molecule has 0 aliphatic heterocycles. The Morgan fingerprint density at radius 1 is 1.10 bits per heavy atom. The molecule has 2 aromatic heterocycles. The summed E-state index contributed by atoms with van der Waals surface area (Å²) in [6.07, 6.45) is 1.44. The minimum absolute atomic E-state index is 0.0505. The summed E-state index contributed by atoms with van der Waals surface area (Å²) < 4.78 is 5.74. The molecule has 4 rings (SSSR count). The molecular weight excluding hydrogens is 426 g/mol. The zero-order valence-electron chi connectivity index (χ0n) is 16.3. The van der Waals surface area contributed by atoms with Crippen molar-refractivity contribution in [2.75, 3.05) is 5.32 Å². The van der Waals surface area contributed by atoms with E-state index in [2.05, 4.69) is 22.4 Å². The predicted octanol–water partition coefficient (Wildman–Crippen LogP) is 6.24. The maximum Gasteiger partial charge on any atom is 0.268 e. The fraction of sp³-hybridized carbons (Fsp3) is 0.0417. The molecule has 152 valence electrons. The molecule has 5 nitrogen and oxygen atoms in total. The Kier molecular flexibility index (Phi) is 6.62. The van der Waals surface area contributed by atoms with Gasteiger partial charge >= 0.3 is 0 Å². The number of aromatic nitrogens is 1. The Hall–Kier alpha value is -3.60. The average molecular weight is 444 g/mol.